The third-order valence-corrected chi connectivity index (χ3v) is 3.16. The second kappa shape index (κ2) is 8.58. The Labute approximate surface area is 135 Å². The summed E-state index contributed by atoms with van der Waals surface area (Å²) in [4.78, 5) is 24.4. The molecule has 23 heavy (non-hydrogen) atoms. The van der Waals surface area contributed by atoms with Crippen LogP contribution in [0, 0.1) is 0 Å². The van der Waals surface area contributed by atoms with Gasteiger partial charge in [0.15, 0.2) is 5.76 Å². The predicted octanol–water partition coefficient (Wildman–Crippen LogP) is 2.97. The molecule has 2 amide bonds. The molecule has 0 radical (unpaired) electrons. The summed E-state index contributed by atoms with van der Waals surface area (Å²) in [6.45, 7) is 2.61. The average molecular weight is 312 g/mol. The summed E-state index contributed by atoms with van der Waals surface area (Å²) in [5.41, 5.74) is 1.02. The van der Waals surface area contributed by atoms with E-state index in [2.05, 4.69) is 10.6 Å². The summed E-state index contributed by atoms with van der Waals surface area (Å²) in [6.07, 6.45) is 4.92. The van der Waals surface area contributed by atoms with Crippen molar-refractivity contribution in [2.75, 3.05) is 6.54 Å². The van der Waals surface area contributed by atoms with Crippen molar-refractivity contribution in [2.45, 2.75) is 19.8 Å². The number of unbranched alkanes of at least 4 members (excludes halogenated alkanes) is 1. The monoisotopic (exact) mass is 312 g/mol. The number of nitrogens with one attached hydrogen (secondary N) is 2. The Morgan fingerprint density at radius 3 is 2.57 bits per heavy atom. The minimum atomic E-state index is -0.456. The molecular formula is C18H20N2O3. The number of rotatable bonds is 7. The second-order valence-corrected chi connectivity index (χ2v) is 5.01. The predicted molar refractivity (Wildman–Crippen MR) is 88.5 cm³/mol. The largest absolute Gasteiger partial charge is 0.459 e. The van der Waals surface area contributed by atoms with E-state index in [1.807, 2.05) is 37.3 Å². The first-order valence-electron chi connectivity index (χ1n) is 7.60. The van der Waals surface area contributed by atoms with Crippen molar-refractivity contribution in [3.05, 3.63) is 65.7 Å². The molecule has 2 rings (SSSR count). The zero-order chi connectivity index (χ0) is 16.5. The molecule has 2 aromatic rings. The number of carbonyl (C=O) groups is 2. The van der Waals surface area contributed by atoms with Gasteiger partial charge in [-0.15, -0.1) is 0 Å². The molecule has 0 aliphatic heterocycles. The average Bonchev–Trinajstić information content (AvgIpc) is 3.10. The summed E-state index contributed by atoms with van der Waals surface area (Å²) in [6, 6.07) is 12.5. The van der Waals surface area contributed by atoms with E-state index in [0.717, 1.165) is 18.4 Å². The maximum Gasteiger partial charge on any atom is 0.291 e. The van der Waals surface area contributed by atoms with Crippen LogP contribution in [0.1, 0.15) is 35.9 Å². The molecule has 0 aliphatic carbocycles. The fourth-order valence-electron chi connectivity index (χ4n) is 1.94. The van der Waals surface area contributed by atoms with E-state index in [9.17, 15) is 9.59 Å². The van der Waals surface area contributed by atoms with Crippen LogP contribution in [0.25, 0.3) is 6.08 Å². The van der Waals surface area contributed by atoms with E-state index < -0.39 is 5.91 Å². The van der Waals surface area contributed by atoms with Crippen molar-refractivity contribution in [1.29, 1.82) is 0 Å². The quantitative estimate of drug-likeness (QED) is 0.610. The molecule has 5 nitrogen and oxygen atoms in total. The molecule has 1 heterocycles. The van der Waals surface area contributed by atoms with E-state index >= 15 is 0 Å². The van der Waals surface area contributed by atoms with Crippen LogP contribution < -0.4 is 10.6 Å². The zero-order valence-corrected chi connectivity index (χ0v) is 13.0. The van der Waals surface area contributed by atoms with Crippen LogP contribution >= 0.6 is 0 Å². The van der Waals surface area contributed by atoms with Crippen LogP contribution in [-0.2, 0) is 4.79 Å². The fraction of sp³-hybridized carbons (Fsp3) is 0.222. The molecule has 0 spiro atoms. The van der Waals surface area contributed by atoms with Gasteiger partial charge in [0.2, 0.25) is 0 Å². The number of carbonyl (C=O) groups excluding carboxylic acids is 2. The normalized spacial score (nSPS) is 11.1. The topological polar surface area (TPSA) is 71.3 Å². The highest BCUT2D eigenvalue weighted by Crippen LogP contribution is 2.07. The van der Waals surface area contributed by atoms with Crippen LogP contribution in [0.3, 0.4) is 0 Å². The van der Waals surface area contributed by atoms with Gasteiger partial charge in [0, 0.05) is 6.54 Å². The van der Waals surface area contributed by atoms with E-state index in [4.69, 9.17) is 4.42 Å². The molecule has 0 bridgehead atoms. The van der Waals surface area contributed by atoms with Gasteiger partial charge in [-0.1, -0.05) is 43.7 Å². The Balaban J connectivity index is 2.15. The van der Waals surface area contributed by atoms with E-state index in [1.54, 1.807) is 18.2 Å². The van der Waals surface area contributed by atoms with Crippen molar-refractivity contribution in [3.63, 3.8) is 0 Å². The van der Waals surface area contributed by atoms with Gasteiger partial charge in [-0.2, -0.15) is 0 Å². The SMILES string of the molecule is CCCCNC(=O)/C(=C\c1ccccc1)NC(=O)c1ccco1. The van der Waals surface area contributed by atoms with E-state index in [0.29, 0.717) is 6.54 Å². The third kappa shape index (κ3) is 5.14. The molecule has 0 fully saturated rings. The van der Waals surface area contributed by atoms with Crippen molar-refractivity contribution in [1.82, 2.24) is 10.6 Å². The van der Waals surface area contributed by atoms with Gasteiger partial charge in [-0.05, 0) is 30.2 Å². The smallest absolute Gasteiger partial charge is 0.291 e. The molecule has 0 unspecified atom stereocenters. The molecule has 0 saturated carbocycles. The van der Waals surface area contributed by atoms with Gasteiger partial charge in [0.25, 0.3) is 11.8 Å². The minimum absolute atomic E-state index is 0.158. The molecule has 0 aliphatic rings. The third-order valence-electron chi connectivity index (χ3n) is 3.16. The Hall–Kier alpha value is -2.82. The van der Waals surface area contributed by atoms with Gasteiger partial charge in [0.05, 0.1) is 6.26 Å². The van der Waals surface area contributed by atoms with Gasteiger partial charge in [0.1, 0.15) is 5.70 Å². The van der Waals surface area contributed by atoms with Crippen LogP contribution in [0.5, 0.6) is 0 Å². The molecule has 1 aromatic heterocycles. The first kappa shape index (κ1) is 16.5. The number of furan rings is 1. The van der Waals surface area contributed by atoms with Crippen molar-refractivity contribution in [2.24, 2.45) is 0 Å². The Morgan fingerprint density at radius 1 is 1.13 bits per heavy atom. The molecule has 5 heteroatoms. The molecule has 0 atom stereocenters. The lowest BCUT2D eigenvalue weighted by Crippen LogP contribution is -2.35. The van der Waals surface area contributed by atoms with E-state index in [1.165, 1.54) is 6.26 Å². The fourth-order valence-corrected chi connectivity index (χ4v) is 1.94. The van der Waals surface area contributed by atoms with E-state index in [-0.39, 0.29) is 17.4 Å². The lowest BCUT2D eigenvalue weighted by molar-refractivity contribution is -0.117. The summed E-state index contributed by atoms with van der Waals surface area (Å²) in [5, 5.41) is 5.41. The highest BCUT2D eigenvalue weighted by molar-refractivity contribution is 6.04. The van der Waals surface area contributed by atoms with Crippen LogP contribution in [-0.4, -0.2) is 18.4 Å². The maximum absolute atomic E-state index is 12.3. The number of hydrogen-bond donors (Lipinski definition) is 2. The zero-order valence-electron chi connectivity index (χ0n) is 13.0. The lowest BCUT2D eigenvalue weighted by atomic mass is 10.2. The standard InChI is InChI=1S/C18H20N2O3/c1-2-3-11-19-17(21)15(13-14-8-5-4-6-9-14)20-18(22)16-10-7-12-23-16/h4-10,12-13H,2-3,11H2,1H3,(H,19,21)(H,20,22)/b15-13+. The molecule has 120 valence electrons. The number of amides is 2. The Morgan fingerprint density at radius 2 is 1.91 bits per heavy atom. The number of benzene rings is 1. The van der Waals surface area contributed by atoms with Crippen LogP contribution in [0.4, 0.5) is 0 Å². The molecular weight excluding hydrogens is 292 g/mol. The van der Waals surface area contributed by atoms with Gasteiger partial charge >= 0.3 is 0 Å². The van der Waals surface area contributed by atoms with Crippen molar-refractivity contribution >= 4 is 17.9 Å². The summed E-state index contributed by atoms with van der Waals surface area (Å²) in [7, 11) is 0. The van der Waals surface area contributed by atoms with Crippen LogP contribution in [0.2, 0.25) is 0 Å². The first-order chi connectivity index (χ1) is 11.2. The van der Waals surface area contributed by atoms with Crippen molar-refractivity contribution in [3.8, 4) is 0 Å². The Bertz CT molecular complexity index is 661. The minimum Gasteiger partial charge on any atom is -0.459 e. The molecule has 1 aromatic carbocycles. The van der Waals surface area contributed by atoms with Crippen LogP contribution in [0.15, 0.2) is 58.8 Å². The molecule has 0 saturated heterocycles. The van der Waals surface area contributed by atoms with Gasteiger partial charge in [-0.25, -0.2) is 0 Å². The maximum atomic E-state index is 12.3. The highest BCUT2D eigenvalue weighted by atomic mass is 16.3. The Kier molecular flexibility index (Phi) is 6.17. The van der Waals surface area contributed by atoms with Gasteiger partial charge in [-0.3, -0.25) is 9.59 Å². The highest BCUT2D eigenvalue weighted by Gasteiger charge is 2.15. The van der Waals surface area contributed by atoms with Gasteiger partial charge < -0.3 is 15.1 Å². The van der Waals surface area contributed by atoms with Crippen molar-refractivity contribution < 1.29 is 14.0 Å². The summed E-state index contributed by atoms with van der Waals surface area (Å²) < 4.78 is 5.05. The molecule has 2 N–H and O–H groups in total. The first-order valence-corrected chi connectivity index (χ1v) is 7.60. The number of hydrogen-bond acceptors (Lipinski definition) is 3. The second-order valence-electron chi connectivity index (χ2n) is 5.01. The summed E-state index contributed by atoms with van der Waals surface area (Å²) >= 11 is 0. The lowest BCUT2D eigenvalue weighted by Gasteiger charge is -2.10. The summed E-state index contributed by atoms with van der Waals surface area (Å²) in [5.74, 6) is -0.615.